The van der Waals surface area contributed by atoms with E-state index in [1.54, 1.807) is 6.92 Å². The summed E-state index contributed by atoms with van der Waals surface area (Å²) in [5.41, 5.74) is 8.22. The van der Waals surface area contributed by atoms with Crippen LogP contribution in [0, 0.1) is 5.41 Å². The molecule has 0 bridgehead atoms. The topological polar surface area (TPSA) is 142 Å². The quantitative estimate of drug-likeness (QED) is 0.180. The summed E-state index contributed by atoms with van der Waals surface area (Å²) >= 11 is 0. The average molecular weight is 690 g/mol. The van der Waals surface area contributed by atoms with Crippen LogP contribution in [-0.4, -0.2) is 59.1 Å². The van der Waals surface area contributed by atoms with Gasteiger partial charge >= 0.3 is 0 Å². The molecular weight excluding hydrogens is 630 g/mol. The van der Waals surface area contributed by atoms with Gasteiger partial charge in [-0.3, -0.25) is 19.4 Å². The lowest BCUT2D eigenvalue weighted by Gasteiger charge is -2.36. The monoisotopic (exact) mass is 689 g/mol. The fourth-order valence-electron chi connectivity index (χ4n) is 6.24. The van der Waals surface area contributed by atoms with Gasteiger partial charge < -0.3 is 26.0 Å². The Morgan fingerprint density at radius 2 is 1.58 bits per heavy atom. The Hall–Kier alpha value is -3.67. The van der Waals surface area contributed by atoms with Crippen molar-refractivity contribution in [3.63, 3.8) is 0 Å². The molecule has 0 aromatic heterocycles. The van der Waals surface area contributed by atoms with E-state index < -0.39 is 16.7 Å². The number of benzene rings is 2. The molecule has 3 unspecified atom stereocenters. The molecule has 4 rings (SSSR count). The van der Waals surface area contributed by atoms with E-state index in [0.29, 0.717) is 32.5 Å². The number of para-hydroxylation sites is 1. The van der Waals surface area contributed by atoms with Crippen LogP contribution in [0.5, 0.6) is 0 Å². The Morgan fingerprint density at radius 3 is 2.26 bits per heavy atom. The molecule has 0 saturated heterocycles. The average Bonchev–Trinajstić information content (AvgIpc) is 3.46. The van der Waals surface area contributed by atoms with Gasteiger partial charge in [-0.05, 0) is 71.6 Å². The van der Waals surface area contributed by atoms with Crippen molar-refractivity contribution >= 4 is 23.3 Å². The number of fused-ring (bicyclic) bond motifs is 5. The molecule has 50 heavy (non-hydrogen) atoms. The van der Waals surface area contributed by atoms with Gasteiger partial charge in [0, 0.05) is 54.6 Å². The van der Waals surface area contributed by atoms with Crippen molar-refractivity contribution in [1.82, 2.24) is 15.6 Å². The largest absolute Gasteiger partial charge is 0.372 e. The minimum atomic E-state index is -1.11. The molecule has 2 aliphatic rings. The van der Waals surface area contributed by atoms with E-state index in [1.807, 2.05) is 74.9 Å². The first-order valence-electron chi connectivity index (χ1n) is 18.0. The maximum atomic E-state index is 13.8. The molecule has 2 aromatic rings. The van der Waals surface area contributed by atoms with Crippen molar-refractivity contribution in [3.8, 4) is 0 Å². The number of nitrogens with zero attached hydrogens (tertiary/aromatic N) is 4. The van der Waals surface area contributed by atoms with E-state index in [9.17, 15) is 14.4 Å². The number of carbonyl (C=O) groups excluding carboxylic acids is 3. The van der Waals surface area contributed by atoms with Crippen LogP contribution in [-0.2, 0) is 25.7 Å². The number of nitrogens with two attached hydrogens (primary N) is 1. The molecule has 274 valence electrons. The number of ether oxygens (including phenoxy) is 1. The van der Waals surface area contributed by atoms with Gasteiger partial charge in [0.05, 0.1) is 18.8 Å². The molecule has 11 heteroatoms. The summed E-state index contributed by atoms with van der Waals surface area (Å²) in [6, 6.07) is 15.8. The molecule has 11 nitrogen and oxygen atoms in total. The summed E-state index contributed by atoms with van der Waals surface area (Å²) < 4.78 is 6.30. The number of hydrogen-bond acceptors (Lipinski definition) is 9. The Balaban J connectivity index is 1.43. The Kier molecular flexibility index (Phi) is 12.3. The van der Waals surface area contributed by atoms with Gasteiger partial charge in [-0.25, -0.2) is 0 Å². The maximum Gasteiger partial charge on any atom is 0.228 e. The minimum Gasteiger partial charge on any atom is -0.372 e. The molecular formula is C39H59N7O4. The summed E-state index contributed by atoms with van der Waals surface area (Å²) in [5.74, 6) is -0.145. The first kappa shape index (κ1) is 39.1. The number of anilines is 1. The predicted molar refractivity (Wildman–Crippen MR) is 197 cm³/mol. The van der Waals surface area contributed by atoms with Crippen LogP contribution in [0.3, 0.4) is 0 Å². The highest BCUT2D eigenvalue weighted by Gasteiger charge is 2.41. The molecule has 3 atom stereocenters. The zero-order valence-electron chi connectivity index (χ0n) is 31.6. The van der Waals surface area contributed by atoms with Gasteiger partial charge in [-0.2, -0.15) is 5.11 Å². The van der Waals surface area contributed by atoms with Crippen molar-refractivity contribution in [2.24, 2.45) is 21.5 Å². The van der Waals surface area contributed by atoms with Crippen LogP contribution < -0.4 is 21.3 Å². The van der Waals surface area contributed by atoms with E-state index >= 15 is 0 Å². The number of hydrogen-bond donors (Lipinski definition) is 3. The Morgan fingerprint density at radius 1 is 0.920 bits per heavy atom. The number of carbonyl (C=O) groups is 3. The van der Waals surface area contributed by atoms with E-state index in [-0.39, 0.29) is 54.7 Å². The van der Waals surface area contributed by atoms with E-state index in [2.05, 4.69) is 49.6 Å². The second kappa shape index (κ2) is 15.7. The maximum absolute atomic E-state index is 13.8. The molecule has 0 fully saturated rings. The summed E-state index contributed by atoms with van der Waals surface area (Å²) in [7, 11) is 0. The fraction of sp³-hybridized carbons (Fsp3) is 0.615. The van der Waals surface area contributed by atoms with Gasteiger partial charge in [-0.1, -0.05) is 68.5 Å². The molecule has 2 amide bonds. The predicted octanol–water partition coefficient (Wildman–Crippen LogP) is 6.54. The van der Waals surface area contributed by atoms with Crippen LogP contribution in [0.15, 0.2) is 58.9 Å². The molecule has 4 N–H and O–H groups in total. The van der Waals surface area contributed by atoms with Crippen molar-refractivity contribution in [3.05, 3.63) is 65.2 Å². The minimum absolute atomic E-state index is 0.0603. The van der Waals surface area contributed by atoms with Crippen molar-refractivity contribution in [2.45, 2.75) is 130 Å². The molecule has 2 aromatic carbocycles. The fourth-order valence-corrected chi connectivity index (χ4v) is 6.24. The first-order valence-corrected chi connectivity index (χ1v) is 18.0. The number of ketones is 1. The third kappa shape index (κ3) is 10.2. The standard InChI is InChI=1S/C39H59N7O4/c1-10-37(5,6)31(47)19-20-32(48)42-39(9,40)26-50-38(7,8)22-24-46-35-28-16-12-11-15-27(28)25-45(33(49)21-23-41-36(2,3)4)30-18-14-13-17-29(30)34(35)43-44-46/h11-18,34-35,41H,10,19-26,40H2,1-9H3,(H,42,48). The summed E-state index contributed by atoms with van der Waals surface area (Å²) in [6.07, 6.45) is 1.99. The summed E-state index contributed by atoms with van der Waals surface area (Å²) in [4.78, 5) is 40.8. The summed E-state index contributed by atoms with van der Waals surface area (Å²) in [5, 5.41) is 17.8. The lowest BCUT2D eigenvalue weighted by molar-refractivity contribution is -0.131. The normalized spacial score (nSPS) is 18.8. The van der Waals surface area contributed by atoms with Gasteiger partial charge in [0.25, 0.3) is 0 Å². The number of amides is 2. The second-order valence-electron chi connectivity index (χ2n) is 16.3. The van der Waals surface area contributed by atoms with E-state index in [1.165, 1.54) is 0 Å². The van der Waals surface area contributed by atoms with E-state index in [4.69, 9.17) is 20.8 Å². The van der Waals surface area contributed by atoms with Gasteiger partial charge in [0.15, 0.2) is 0 Å². The lowest BCUT2D eigenvalue weighted by atomic mass is 9.83. The smallest absolute Gasteiger partial charge is 0.228 e. The number of nitrogens with one attached hydrogen (secondary N) is 2. The lowest BCUT2D eigenvalue weighted by Crippen LogP contribution is -2.57. The molecule has 2 heterocycles. The SMILES string of the molecule is CCC(C)(C)C(=O)CCC(=O)NC(C)(N)COC(C)(C)CCN1N=NC2c3ccccc3N(C(=O)CCNC(C)(C)C)Cc3ccccc3C21. The third-order valence-electron chi connectivity index (χ3n) is 9.80. The van der Waals surface area contributed by atoms with Crippen molar-refractivity contribution in [2.75, 3.05) is 24.6 Å². The molecule has 0 aliphatic carbocycles. The zero-order valence-corrected chi connectivity index (χ0v) is 31.6. The van der Waals surface area contributed by atoms with Crippen molar-refractivity contribution in [1.29, 1.82) is 0 Å². The van der Waals surface area contributed by atoms with Gasteiger partial charge in [0.1, 0.15) is 23.5 Å². The first-order chi connectivity index (χ1) is 23.3. The molecule has 2 aliphatic heterocycles. The zero-order chi connectivity index (χ0) is 36.9. The number of Topliss-reactive ketones (excluding diaryl/α,β-unsaturated/α-hetero) is 1. The number of rotatable bonds is 15. The van der Waals surface area contributed by atoms with Crippen LogP contribution in [0.4, 0.5) is 5.69 Å². The highest BCUT2D eigenvalue weighted by molar-refractivity contribution is 5.94. The van der Waals surface area contributed by atoms with Gasteiger partial charge in [-0.15, -0.1) is 0 Å². The Bertz CT molecular complexity index is 1540. The Labute approximate surface area is 298 Å². The summed E-state index contributed by atoms with van der Waals surface area (Å²) in [6.45, 7) is 19.5. The van der Waals surface area contributed by atoms with Gasteiger partial charge in [0.2, 0.25) is 11.8 Å². The van der Waals surface area contributed by atoms with Crippen molar-refractivity contribution < 1.29 is 19.1 Å². The molecule has 0 spiro atoms. The van der Waals surface area contributed by atoms with Crippen LogP contribution in [0.1, 0.15) is 123 Å². The third-order valence-corrected chi connectivity index (χ3v) is 9.80. The van der Waals surface area contributed by atoms with Crippen LogP contribution in [0.2, 0.25) is 0 Å². The molecule has 0 radical (unpaired) electrons. The molecule has 0 saturated carbocycles. The van der Waals surface area contributed by atoms with E-state index in [0.717, 1.165) is 28.8 Å². The van der Waals surface area contributed by atoms with Crippen LogP contribution in [0.25, 0.3) is 0 Å². The highest BCUT2D eigenvalue weighted by Crippen LogP contribution is 2.48. The van der Waals surface area contributed by atoms with Crippen LogP contribution >= 0.6 is 0 Å². The highest BCUT2D eigenvalue weighted by atomic mass is 16.5. The second-order valence-corrected chi connectivity index (χ2v) is 16.3.